The van der Waals surface area contributed by atoms with E-state index in [1.807, 2.05) is 0 Å². The molecule has 0 radical (unpaired) electrons. The summed E-state index contributed by atoms with van der Waals surface area (Å²) in [6.45, 7) is 1.40. The van der Waals surface area contributed by atoms with Gasteiger partial charge in [-0.25, -0.2) is 9.59 Å². The number of aromatic carboxylic acids is 2. The Morgan fingerprint density at radius 3 is 2.21 bits per heavy atom. The summed E-state index contributed by atoms with van der Waals surface area (Å²) in [4.78, 5) is 37.0. The number of carboxylic acid groups (broad SMARTS) is 2. The minimum Gasteiger partial charge on any atom is -0.478 e. The Morgan fingerprint density at radius 1 is 1.12 bits per heavy atom. The van der Waals surface area contributed by atoms with Crippen molar-refractivity contribution in [2.24, 2.45) is 0 Å². The number of nitro groups is 1. The van der Waals surface area contributed by atoms with Crippen LogP contribution in [0.15, 0.2) is 30.5 Å². The maximum atomic E-state index is 11.5. The summed E-state index contributed by atoms with van der Waals surface area (Å²) in [6, 6.07) is 5.38. The summed E-state index contributed by atoms with van der Waals surface area (Å²) in [7, 11) is 1.00. The monoisotopic (exact) mass is 334 g/mol. The number of aliphatic hydroxyl groups excluding tert-OH is 1. The van der Waals surface area contributed by atoms with Gasteiger partial charge in [-0.15, -0.1) is 0 Å². The van der Waals surface area contributed by atoms with Crippen LogP contribution in [0.3, 0.4) is 0 Å². The van der Waals surface area contributed by atoms with Crippen LogP contribution < -0.4 is 0 Å². The first-order valence-electron chi connectivity index (χ1n) is 6.49. The molecule has 0 unspecified atom stereocenters. The van der Waals surface area contributed by atoms with Gasteiger partial charge < -0.3 is 15.3 Å². The predicted molar refractivity (Wildman–Crippen MR) is 83.1 cm³/mol. The molecule has 126 valence electrons. The molecular formula is C15H14N2O7. The van der Waals surface area contributed by atoms with Crippen molar-refractivity contribution in [1.82, 2.24) is 4.98 Å². The number of carboxylic acids is 2. The van der Waals surface area contributed by atoms with Crippen LogP contribution in [-0.4, -0.2) is 44.3 Å². The molecule has 0 spiro atoms. The third-order valence-corrected chi connectivity index (χ3v) is 3.08. The lowest BCUT2D eigenvalue weighted by Crippen LogP contribution is -2.11. The van der Waals surface area contributed by atoms with Crippen LogP contribution in [0.4, 0.5) is 5.69 Å². The predicted octanol–water partition coefficient (Wildman–Crippen LogP) is 1.97. The van der Waals surface area contributed by atoms with Crippen molar-refractivity contribution >= 4 is 17.6 Å². The molecule has 24 heavy (non-hydrogen) atoms. The van der Waals surface area contributed by atoms with E-state index in [1.165, 1.54) is 31.2 Å². The molecular weight excluding hydrogens is 320 g/mol. The van der Waals surface area contributed by atoms with E-state index in [1.54, 1.807) is 0 Å². The van der Waals surface area contributed by atoms with Crippen LogP contribution in [-0.2, 0) is 0 Å². The van der Waals surface area contributed by atoms with Gasteiger partial charge in [-0.2, -0.15) is 0 Å². The lowest BCUT2D eigenvalue weighted by Gasteiger charge is -2.12. The van der Waals surface area contributed by atoms with E-state index < -0.39 is 22.4 Å². The molecule has 1 aromatic heterocycles. The molecule has 0 bridgehead atoms. The summed E-state index contributed by atoms with van der Waals surface area (Å²) in [5.41, 5.74) is -1.37. The van der Waals surface area contributed by atoms with Crippen LogP contribution in [0, 0.1) is 17.0 Å². The van der Waals surface area contributed by atoms with Crippen LogP contribution in [0.5, 0.6) is 0 Å². The molecule has 0 aliphatic carbocycles. The third kappa shape index (κ3) is 3.52. The largest absolute Gasteiger partial charge is 0.478 e. The second-order valence-electron chi connectivity index (χ2n) is 4.39. The van der Waals surface area contributed by atoms with Gasteiger partial charge in [0.2, 0.25) is 0 Å². The van der Waals surface area contributed by atoms with Gasteiger partial charge >= 0.3 is 11.9 Å². The number of pyridine rings is 1. The van der Waals surface area contributed by atoms with Crippen molar-refractivity contribution in [3.05, 3.63) is 57.4 Å². The topological polar surface area (TPSA) is 151 Å². The Morgan fingerprint density at radius 2 is 1.71 bits per heavy atom. The van der Waals surface area contributed by atoms with Crippen molar-refractivity contribution in [3.63, 3.8) is 0 Å². The highest BCUT2D eigenvalue weighted by Gasteiger charge is 2.27. The normalized spacial score (nSPS) is 9.62. The first-order valence-corrected chi connectivity index (χ1v) is 6.49. The fourth-order valence-electron chi connectivity index (χ4n) is 2.15. The van der Waals surface area contributed by atoms with Gasteiger partial charge in [-0.3, -0.25) is 15.1 Å². The Labute approximate surface area is 136 Å². The highest BCUT2D eigenvalue weighted by molar-refractivity contribution is 6.06. The second-order valence-corrected chi connectivity index (χ2v) is 4.39. The van der Waals surface area contributed by atoms with Crippen molar-refractivity contribution in [1.29, 1.82) is 0 Å². The molecule has 1 heterocycles. The first-order chi connectivity index (χ1) is 11.3. The molecule has 9 nitrogen and oxygen atoms in total. The maximum absolute atomic E-state index is 11.5. The van der Waals surface area contributed by atoms with E-state index in [2.05, 4.69) is 4.98 Å². The van der Waals surface area contributed by atoms with E-state index in [0.29, 0.717) is 0 Å². The molecule has 0 atom stereocenters. The summed E-state index contributed by atoms with van der Waals surface area (Å²) in [6.07, 6.45) is 0.996. The summed E-state index contributed by atoms with van der Waals surface area (Å²) >= 11 is 0. The number of hydrogen-bond acceptors (Lipinski definition) is 6. The fourth-order valence-corrected chi connectivity index (χ4v) is 2.15. The number of para-hydroxylation sites is 1. The zero-order valence-corrected chi connectivity index (χ0v) is 12.8. The molecule has 0 fully saturated rings. The zero-order valence-electron chi connectivity index (χ0n) is 12.8. The number of benzene rings is 1. The van der Waals surface area contributed by atoms with Crippen LogP contribution in [0.2, 0.25) is 0 Å². The van der Waals surface area contributed by atoms with Crippen LogP contribution in [0.1, 0.15) is 26.4 Å². The lowest BCUT2D eigenvalue weighted by molar-refractivity contribution is -0.384. The quantitative estimate of drug-likeness (QED) is 0.567. The van der Waals surface area contributed by atoms with Crippen molar-refractivity contribution in [2.45, 2.75) is 6.92 Å². The Hall–Kier alpha value is -3.33. The number of nitrogens with zero attached hydrogens (tertiary/aromatic N) is 2. The van der Waals surface area contributed by atoms with E-state index in [0.717, 1.165) is 13.3 Å². The standard InChI is InChI=1S/C14H10N2O6.CH4O/c1-7-11(14(19)20)12(9(6-15-7)13(17)18)8-4-2-3-5-10(8)16(21)22;1-2/h2-6H,1H3,(H,17,18)(H,19,20);2H,1H3. The lowest BCUT2D eigenvalue weighted by atomic mass is 9.93. The van der Waals surface area contributed by atoms with Gasteiger partial charge in [0.15, 0.2) is 0 Å². The van der Waals surface area contributed by atoms with Crippen molar-refractivity contribution < 1.29 is 29.8 Å². The van der Waals surface area contributed by atoms with Crippen molar-refractivity contribution in [2.75, 3.05) is 7.11 Å². The van der Waals surface area contributed by atoms with Crippen molar-refractivity contribution in [3.8, 4) is 11.1 Å². The molecule has 2 aromatic rings. The smallest absolute Gasteiger partial charge is 0.338 e. The summed E-state index contributed by atoms with van der Waals surface area (Å²) in [5, 5.41) is 36.7. The molecule has 3 N–H and O–H groups in total. The second kappa shape index (κ2) is 7.79. The van der Waals surface area contributed by atoms with Gasteiger partial charge in [-0.05, 0) is 13.0 Å². The number of aromatic nitrogens is 1. The fraction of sp³-hybridized carbons (Fsp3) is 0.133. The number of carbonyl (C=O) groups is 2. The van der Waals surface area contributed by atoms with Gasteiger partial charge in [0.05, 0.1) is 27.3 Å². The number of nitro benzene ring substituents is 1. The molecule has 0 saturated carbocycles. The maximum Gasteiger partial charge on any atom is 0.338 e. The SMILES string of the molecule is CO.Cc1ncc(C(=O)O)c(-c2ccccc2[N+](=O)[O-])c1C(=O)O. The number of aliphatic hydroxyl groups is 1. The molecule has 1 aromatic carbocycles. The Kier molecular flexibility index (Phi) is 6.07. The number of rotatable bonds is 4. The van der Waals surface area contributed by atoms with E-state index in [-0.39, 0.29) is 28.1 Å². The Bertz CT molecular complexity index is 802. The molecule has 0 aliphatic rings. The number of aryl methyl sites for hydroxylation is 1. The third-order valence-electron chi connectivity index (χ3n) is 3.08. The first kappa shape index (κ1) is 18.7. The molecule has 2 rings (SSSR count). The highest BCUT2D eigenvalue weighted by Crippen LogP contribution is 2.35. The minimum atomic E-state index is -1.41. The minimum absolute atomic E-state index is 0.0747. The van der Waals surface area contributed by atoms with E-state index in [4.69, 9.17) is 5.11 Å². The van der Waals surface area contributed by atoms with E-state index >= 15 is 0 Å². The van der Waals surface area contributed by atoms with E-state index in [9.17, 15) is 29.9 Å². The number of hydrogen-bond donors (Lipinski definition) is 3. The van der Waals surface area contributed by atoms with Gasteiger partial charge in [0.25, 0.3) is 5.69 Å². The molecule has 0 saturated heterocycles. The highest BCUT2D eigenvalue weighted by atomic mass is 16.6. The summed E-state index contributed by atoms with van der Waals surface area (Å²) < 4.78 is 0. The van der Waals surface area contributed by atoms with Gasteiger partial charge in [-0.1, -0.05) is 12.1 Å². The zero-order chi connectivity index (χ0) is 18.4. The molecule has 9 heteroatoms. The van der Waals surface area contributed by atoms with Gasteiger partial charge in [0.1, 0.15) is 0 Å². The summed E-state index contributed by atoms with van der Waals surface area (Å²) in [5.74, 6) is -2.82. The van der Waals surface area contributed by atoms with Crippen LogP contribution in [0.25, 0.3) is 11.1 Å². The van der Waals surface area contributed by atoms with Crippen LogP contribution >= 0.6 is 0 Å². The average Bonchev–Trinajstić information content (AvgIpc) is 2.55. The van der Waals surface area contributed by atoms with Gasteiger partial charge in [0, 0.05) is 24.9 Å². The average molecular weight is 334 g/mol. The molecule has 0 aliphatic heterocycles. The Balaban J connectivity index is 0.00000139. The molecule has 0 amide bonds.